The van der Waals surface area contributed by atoms with Gasteiger partial charge in [-0.25, -0.2) is 4.90 Å². The number of halogens is 1. The standard InChI is InChI=1S/C26H29ClN2O3/c1-4-15-32-21-8-5-19(6-9-21)23-24(28-13-11-17(2)12-14-28)26(31)29(25(23)30)22-10-7-20(27)16-18(22)3/h5-10,16-17H,4,11-15H2,1-3H3. The van der Waals surface area contributed by atoms with Gasteiger partial charge in [-0.05, 0) is 73.6 Å². The molecule has 6 heteroatoms. The molecule has 2 amide bonds. The molecule has 4 rings (SSSR count). The first-order valence-electron chi connectivity index (χ1n) is 11.3. The topological polar surface area (TPSA) is 49.9 Å². The molecule has 2 aliphatic heterocycles. The number of hydrogen-bond acceptors (Lipinski definition) is 4. The lowest BCUT2D eigenvalue weighted by Gasteiger charge is -2.32. The number of anilines is 1. The lowest BCUT2D eigenvalue weighted by molar-refractivity contribution is -0.120. The largest absolute Gasteiger partial charge is 0.494 e. The van der Waals surface area contributed by atoms with Crippen molar-refractivity contribution in [1.82, 2.24) is 4.90 Å². The first-order valence-corrected chi connectivity index (χ1v) is 11.7. The Morgan fingerprint density at radius 1 is 1.03 bits per heavy atom. The number of carbonyl (C=O) groups is 2. The van der Waals surface area contributed by atoms with E-state index in [0.717, 1.165) is 49.2 Å². The minimum Gasteiger partial charge on any atom is -0.494 e. The van der Waals surface area contributed by atoms with E-state index in [1.165, 1.54) is 4.90 Å². The summed E-state index contributed by atoms with van der Waals surface area (Å²) >= 11 is 6.12. The van der Waals surface area contributed by atoms with Crippen LogP contribution in [-0.4, -0.2) is 36.4 Å². The van der Waals surface area contributed by atoms with Crippen LogP contribution in [0, 0.1) is 12.8 Å². The number of ether oxygens (including phenoxy) is 1. The normalized spacial score (nSPS) is 17.5. The molecule has 1 saturated heterocycles. The highest BCUT2D eigenvalue weighted by atomic mass is 35.5. The predicted molar refractivity (Wildman–Crippen MR) is 128 cm³/mol. The van der Waals surface area contributed by atoms with E-state index in [2.05, 4.69) is 18.7 Å². The van der Waals surface area contributed by atoms with Crippen molar-refractivity contribution in [3.8, 4) is 5.75 Å². The molecule has 0 aliphatic carbocycles. The van der Waals surface area contributed by atoms with Gasteiger partial charge in [-0.15, -0.1) is 0 Å². The molecule has 2 aliphatic rings. The molecule has 2 aromatic carbocycles. The first-order chi connectivity index (χ1) is 15.4. The van der Waals surface area contributed by atoms with Crippen LogP contribution in [0.3, 0.4) is 0 Å². The highest BCUT2D eigenvalue weighted by Gasteiger charge is 2.43. The monoisotopic (exact) mass is 452 g/mol. The number of piperidine rings is 1. The van der Waals surface area contributed by atoms with E-state index in [-0.39, 0.29) is 11.8 Å². The fourth-order valence-electron chi connectivity index (χ4n) is 4.33. The minimum absolute atomic E-state index is 0.267. The smallest absolute Gasteiger partial charge is 0.282 e. The number of hydrogen-bond donors (Lipinski definition) is 0. The van der Waals surface area contributed by atoms with Crippen molar-refractivity contribution < 1.29 is 14.3 Å². The third kappa shape index (κ3) is 4.26. The van der Waals surface area contributed by atoms with Crippen LogP contribution in [0.4, 0.5) is 5.69 Å². The van der Waals surface area contributed by atoms with Gasteiger partial charge in [-0.1, -0.05) is 37.6 Å². The summed E-state index contributed by atoms with van der Waals surface area (Å²) in [6.45, 7) is 8.32. The van der Waals surface area contributed by atoms with Gasteiger partial charge < -0.3 is 9.64 Å². The van der Waals surface area contributed by atoms with Gasteiger partial charge in [-0.2, -0.15) is 0 Å². The molecule has 0 unspecified atom stereocenters. The molecule has 0 aromatic heterocycles. The van der Waals surface area contributed by atoms with Crippen LogP contribution in [-0.2, 0) is 9.59 Å². The van der Waals surface area contributed by atoms with Crippen molar-refractivity contribution in [3.05, 3.63) is 64.3 Å². The Morgan fingerprint density at radius 2 is 1.72 bits per heavy atom. The zero-order chi connectivity index (χ0) is 22.8. The third-order valence-electron chi connectivity index (χ3n) is 6.17. The SMILES string of the molecule is CCCOc1ccc(C2=C(N3CCC(C)CC3)C(=O)N(c3ccc(Cl)cc3C)C2=O)cc1. The van der Waals surface area contributed by atoms with Crippen molar-refractivity contribution in [2.24, 2.45) is 5.92 Å². The Morgan fingerprint density at radius 3 is 2.34 bits per heavy atom. The van der Waals surface area contributed by atoms with Crippen LogP contribution in [0.5, 0.6) is 5.75 Å². The molecule has 0 bridgehead atoms. The Hall–Kier alpha value is -2.79. The van der Waals surface area contributed by atoms with Crippen molar-refractivity contribution >= 4 is 34.7 Å². The maximum atomic E-state index is 13.7. The number of likely N-dealkylation sites (tertiary alicyclic amines) is 1. The fraction of sp³-hybridized carbons (Fsp3) is 0.385. The summed E-state index contributed by atoms with van der Waals surface area (Å²) in [5.41, 5.74) is 3.05. The van der Waals surface area contributed by atoms with E-state index < -0.39 is 0 Å². The summed E-state index contributed by atoms with van der Waals surface area (Å²) in [7, 11) is 0. The van der Waals surface area contributed by atoms with Gasteiger partial charge in [0.15, 0.2) is 0 Å². The molecule has 0 saturated carbocycles. The quantitative estimate of drug-likeness (QED) is 0.546. The van der Waals surface area contributed by atoms with Crippen LogP contribution in [0.15, 0.2) is 48.2 Å². The number of amides is 2. The highest BCUT2D eigenvalue weighted by Crippen LogP contribution is 2.38. The summed E-state index contributed by atoms with van der Waals surface area (Å²) in [5, 5.41) is 0.575. The molecule has 0 atom stereocenters. The number of aryl methyl sites for hydroxylation is 1. The number of benzene rings is 2. The molecular weight excluding hydrogens is 424 g/mol. The Balaban J connectivity index is 1.76. The zero-order valence-corrected chi connectivity index (χ0v) is 19.6. The molecular formula is C26H29ClN2O3. The fourth-order valence-corrected chi connectivity index (χ4v) is 4.56. The Bertz CT molecular complexity index is 1050. The summed E-state index contributed by atoms with van der Waals surface area (Å²) in [6, 6.07) is 12.7. The Kier molecular flexibility index (Phi) is 6.56. The van der Waals surface area contributed by atoms with Gasteiger partial charge >= 0.3 is 0 Å². The summed E-state index contributed by atoms with van der Waals surface area (Å²) in [4.78, 5) is 30.7. The second-order valence-corrected chi connectivity index (χ2v) is 9.08. The third-order valence-corrected chi connectivity index (χ3v) is 6.41. The molecule has 0 spiro atoms. The van der Waals surface area contributed by atoms with Gasteiger partial charge in [0.2, 0.25) is 0 Å². The number of rotatable bonds is 6. The van der Waals surface area contributed by atoms with Crippen molar-refractivity contribution in [2.45, 2.75) is 40.0 Å². The number of nitrogens with zero attached hydrogens (tertiary/aromatic N) is 2. The van der Waals surface area contributed by atoms with Crippen LogP contribution in [0.1, 0.15) is 44.2 Å². The number of carbonyl (C=O) groups excluding carboxylic acids is 2. The number of imide groups is 1. The molecule has 0 N–H and O–H groups in total. The van der Waals surface area contributed by atoms with E-state index in [1.54, 1.807) is 18.2 Å². The van der Waals surface area contributed by atoms with E-state index >= 15 is 0 Å². The van der Waals surface area contributed by atoms with E-state index in [0.29, 0.717) is 34.5 Å². The molecule has 2 heterocycles. The van der Waals surface area contributed by atoms with Crippen molar-refractivity contribution in [2.75, 3.05) is 24.6 Å². The lowest BCUT2D eigenvalue weighted by atomic mass is 9.97. The predicted octanol–water partition coefficient (Wildman–Crippen LogP) is 5.45. The molecule has 0 radical (unpaired) electrons. The average molecular weight is 453 g/mol. The van der Waals surface area contributed by atoms with Gasteiger partial charge in [0, 0.05) is 18.1 Å². The van der Waals surface area contributed by atoms with Gasteiger partial charge in [0.25, 0.3) is 11.8 Å². The van der Waals surface area contributed by atoms with Crippen LogP contribution in [0.2, 0.25) is 5.02 Å². The molecule has 5 nitrogen and oxygen atoms in total. The summed E-state index contributed by atoms with van der Waals surface area (Å²) in [6.07, 6.45) is 2.93. The second-order valence-electron chi connectivity index (χ2n) is 8.64. The van der Waals surface area contributed by atoms with Crippen molar-refractivity contribution in [3.63, 3.8) is 0 Å². The second kappa shape index (κ2) is 9.37. The van der Waals surface area contributed by atoms with Crippen LogP contribution >= 0.6 is 11.6 Å². The van der Waals surface area contributed by atoms with E-state index in [9.17, 15) is 9.59 Å². The summed E-state index contributed by atoms with van der Waals surface area (Å²) < 4.78 is 5.69. The van der Waals surface area contributed by atoms with E-state index in [1.807, 2.05) is 31.2 Å². The van der Waals surface area contributed by atoms with Crippen LogP contribution < -0.4 is 9.64 Å². The van der Waals surface area contributed by atoms with Gasteiger partial charge in [0.05, 0.1) is 17.9 Å². The average Bonchev–Trinajstić information content (AvgIpc) is 3.03. The zero-order valence-electron chi connectivity index (χ0n) is 18.9. The lowest BCUT2D eigenvalue weighted by Crippen LogP contribution is -2.38. The summed E-state index contributed by atoms with van der Waals surface area (Å²) in [5.74, 6) is 0.811. The van der Waals surface area contributed by atoms with Crippen molar-refractivity contribution in [1.29, 1.82) is 0 Å². The van der Waals surface area contributed by atoms with Crippen LogP contribution in [0.25, 0.3) is 5.57 Å². The maximum Gasteiger partial charge on any atom is 0.282 e. The highest BCUT2D eigenvalue weighted by molar-refractivity contribution is 6.45. The molecule has 168 valence electrons. The molecule has 32 heavy (non-hydrogen) atoms. The maximum absolute atomic E-state index is 13.7. The van der Waals surface area contributed by atoms with Gasteiger partial charge in [0.1, 0.15) is 11.4 Å². The van der Waals surface area contributed by atoms with Gasteiger partial charge in [-0.3, -0.25) is 9.59 Å². The molecule has 2 aromatic rings. The Labute approximate surface area is 194 Å². The molecule has 1 fully saturated rings. The van der Waals surface area contributed by atoms with E-state index in [4.69, 9.17) is 16.3 Å². The minimum atomic E-state index is -0.295. The first kappa shape index (κ1) is 22.4.